The van der Waals surface area contributed by atoms with Crippen molar-refractivity contribution in [3.05, 3.63) is 12.2 Å². The van der Waals surface area contributed by atoms with Crippen molar-refractivity contribution in [3.8, 4) is 0 Å². The summed E-state index contributed by atoms with van der Waals surface area (Å²) in [7, 11) is 0. The summed E-state index contributed by atoms with van der Waals surface area (Å²) in [5, 5.41) is 2.65. The Hall–Kier alpha value is -1.16. The van der Waals surface area contributed by atoms with E-state index in [1.165, 1.54) is 12.2 Å². The first-order valence-corrected chi connectivity index (χ1v) is 6.15. The molecule has 0 fully saturated rings. The molecule has 0 unspecified atom stereocenters. The molecule has 0 heterocycles. The molecular weight excluding hydrogens is 218 g/mol. The fourth-order valence-electron chi connectivity index (χ4n) is 1.00. The maximum atomic E-state index is 11.3. The topological polar surface area (TPSA) is 55.4 Å². The molecule has 1 amide bonds. The van der Waals surface area contributed by atoms with E-state index in [4.69, 9.17) is 4.74 Å². The van der Waals surface area contributed by atoms with Crippen LogP contribution < -0.4 is 5.32 Å². The minimum absolute atomic E-state index is 0.0423. The number of nitrogens with one attached hydrogen (secondary N) is 1. The summed E-state index contributed by atoms with van der Waals surface area (Å²) in [6.07, 6.45) is 4.73. The lowest BCUT2D eigenvalue weighted by Crippen LogP contribution is -2.25. The Bertz CT molecular complexity index is 259. The number of unbranched alkanes of at least 4 members (excludes halogenated alkanes) is 1. The molecule has 0 radical (unpaired) electrons. The Kier molecular flexibility index (Phi) is 9.34. The van der Waals surface area contributed by atoms with Crippen molar-refractivity contribution in [1.29, 1.82) is 0 Å². The van der Waals surface area contributed by atoms with Gasteiger partial charge in [0, 0.05) is 25.1 Å². The summed E-state index contributed by atoms with van der Waals surface area (Å²) in [5.41, 5.74) is 0. The van der Waals surface area contributed by atoms with Gasteiger partial charge in [0.25, 0.3) is 0 Å². The minimum atomic E-state index is -0.252. The third-order valence-electron chi connectivity index (χ3n) is 2.16. The molecule has 0 aliphatic carbocycles. The van der Waals surface area contributed by atoms with E-state index in [0.717, 1.165) is 19.4 Å². The first-order chi connectivity index (χ1) is 8.07. The van der Waals surface area contributed by atoms with E-state index in [1.54, 1.807) is 13.8 Å². The van der Waals surface area contributed by atoms with Gasteiger partial charge in [-0.3, -0.25) is 9.59 Å². The van der Waals surface area contributed by atoms with Gasteiger partial charge in [-0.05, 0) is 12.5 Å². The van der Waals surface area contributed by atoms with E-state index in [2.05, 4.69) is 12.2 Å². The highest BCUT2D eigenvalue weighted by Crippen LogP contribution is 1.94. The molecule has 17 heavy (non-hydrogen) atoms. The summed E-state index contributed by atoms with van der Waals surface area (Å²) in [5.74, 6) is -0.367. The molecule has 0 aromatic heterocycles. The number of hydrogen-bond acceptors (Lipinski definition) is 3. The molecular formula is C13H23NO3. The highest BCUT2D eigenvalue weighted by Gasteiger charge is 2.02. The maximum Gasteiger partial charge on any atom is 0.244 e. The Balaban J connectivity index is 3.56. The maximum absolute atomic E-state index is 11.3. The predicted molar refractivity (Wildman–Crippen MR) is 67.7 cm³/mol. The molecule has 0 aliphatic rings. The van der Waals surface area contributed by atoms with E-state index < -0.39 is 0 Å². The number of allylic oxidation sites excluding steroid dienone is 1. The van der Waals surface area contributed by atoms with Crippen LogP contribution in [0.15, 0.2) is 12.2 Å². The lowest BCUT2D eigenvalue weighted by molar-refractivity contribution is -0.119. The summed E-state index contributed by atoms with van der Waals surface area (Å²) in [4.78, 5) is 22.5. The summed E-state index contributed by atoms with van der Waals surface area (Å²) < 4.78 is 5.28. The molecule has 0 aromatic rings. The molecule has 0 atom stereocenters. The van der Waals surface area contributed by atoms with Crippen LogP contribution in [-0.4, -0.2) is 31.4 Å². The zero-order valence-electron chi connectivity index (χ0n) is 11.0. The normalized spacial score (nSPS) is 11.1. The van der Waals surface area contributed by atoms with Gasteiger partial charge in [0.05, 0.1) is 6.61 Å². The van der Waals surface area contributed by atoms with Gasteiger partial charge in [-0.15, -0.1) is 0 Å². The molecule has 0 saturated heterocycles. The molecule has 0 aliphatic heterocycles. The highest BCUT2D eigenvalue weighted by molar-refractivity contribution is 5.98. The molecule has 0 aromatic carbocycles. The zero-order chi connectivity index (χ0) is 13.1. The molecule has 0 saturated carbocycles. The molecule has 1 N–H and O–H groups in total. The summed E-state index contributed by atoms with van der Waals surface area (Å²) >= 11 is 0. The van der Waals surface area contributed by atoms with Gasteiger partial charge >= 0.3 is 0 Å². The monoisotopic (exact) mass is 241 g/mol. The zero-order valence-corrected chi connectivity index (χ0v) is 11.0. The van der Waals surface area contributed by atoms with Gasteiger partial charge in [-0.25, -0.2) is 0 Å². The second-order valence-corrected chi connectivity index (χ2v) is 4.15. The third-order valence-corrected chi connectivity index (χ3v) is 2.16. The fourth-order valence-corrected chi connectivity index (χ4v) is 1.00. The van der Waals surface area contributed by atoms with Crippen molar-refractivity contribution in [2.45, 2.75) is 33.6 Å². The lowest BCUT2D eigenvalue weighted by atomic mass is 10.1. The van der Waals surface area contributed by atoms with Crippen molar-refractivity contribution < 1.29 is 14.3 Å². The first kappa shape index (κ1) is 15.8. The van der Waals surface area contributed by atoms with Crippen LogP contribution in [0, 0.1) is 5.92 Å². The molecule has 98 valence electrons. The Morgan fingerprint density at radius 2 is 1.94 bits per heavy atom. The average Bonchev–Trinajstić information content (AvgIpc) is 2.30. The lowest BCUT2D eigenvalue weighted by Gasteiger charge is -2.03. The van der Waals surface area contributed by atoms with Gasteiger partial charge in [-0.1, -0.05) is 27.2 Å². The van der Waals surface area contributed by atoms with Gasteiger partial charge in [0.15, 0.2) is 5.78 Å². The molecule has 0 bridgehead atoms. The Morgan fingerprint density at radius 3 is 2.53 bits per heavy atom. The van der Waals surface area contributed by atoms with Crippen LogP contribution in [0.1, 0.15) is 33.6 Å². The van der Waals surface area contributed by atoms with E-state index in [9.17, 15) is 9.59 Å². The number of amides is 1. The van der Waals surface area contributed by atoms with Gasteiger partial charge in [-0.2, -0.15) is 0 Å². The van der Waals surface area contributed by atoms with Crippen LogP contribution in [0.4, 0.5) is 0 Å². The van der Waals surface area contributed by atoms with Crippen molar-refractivity contribution >= 4 is 11.7 Å². The third kappa shape index (κ3) is 9.75. The SMILES string of the molecule is CCCCOCCNC(=O)/C=C\C(=O)C(C)C. The van der Waals surface area contributed by atoms with Crippen LogP contribution >= 0.6 is 0 Å². The number of rotatable bonds is 9. The van der Waals surface area contributed by atoms with Crippen LogP contribution in [0.25, 0.3) is 0 Å². The standard InChI is InChI=1S/C13H23NO3/c1-4-5-9-17-10-8-14-13(16)7-6-12(15)11(2)3/h6-7,11H,4-5,8-10H2,1-3H3,(H,14,16)/b7-6-. The quantitative estimate of drug-likeness (QED) is 0.494. The van der Waals surface area contributed by atoms with Gasteiger partial charge in [0.2, 0.25) is 5.91 Å². The van der Waals surface area contributed by atoms with Crippen LogP contribution in [0.3, 0.4) is 0 Å². The fraction of sp³-hybridized carbons (Fsp3) is 0.692. The minimum Gasteiger partial charge on any atom is -0.380 e. The predicted octanol–water partition coefficient (Wildman–Crippen LogP) is 1.70. The van der Waals surface area contributed by atoms with Gasteiger partial charge in [0.1, 0.15) is 0 Å². The molecule has 4 heteroatoms. The smallest absolute Gasteiger partial charge is 0.244 e. The number of ether oxygens (including phenoxy) is 1. The Labute approximate surface area is 103 Å². The van der Waals surface area contributed by atoms with Crippen LogP contribution in [-0.2, 0) is 14.3 Å². The number of carbonyl (C=O) groups excluding carboxylic acids is 2. The second kappa shape index (κ2) is 10.0. The number of ketones is 1. The number of hydrogen-bond donors (Lipinski definition) is 1. The highest BCUT2D eigenvalue weighted by atomic mass is 16.5. The van der Waals surface area contributed by atoms with Crippen molar-refractivity contribution in [2.75, 3.05) is 19.8 Å². The summed E-state index contributed by atoms with van der Waals surface area (Å²) in [6, 6.07) is 0. The molecule has 0 rings (SSSR count). The average molecular weight is 241 g/mol. The molecule has 0 spiro atoms. The van der Waals surface area contributed by atoms with E-state index in [1.807, 2.05) is 0 Å². The van der Waals surface area contributed by atoms with Crippen LogP contribution in [0.2, 0.25) is 0 Å². The first-order valence-electron chi connectivity index (χ1n) is 6.15. The number of carbonyl (C=O) groups is 2. The van der Waals surface area contributed by atoms with Gasteiger partial charge < -0.3 is 10.1 Å². The summed E-state index contributed by atoms with van der Waals surface area (Å²) in [6.45, 7) is 7.41. The van der Waals surface area contributed by atoms with Crippen molar-refractivity contribution in [1.82, 2.24) is 5.32 Å². The van der Waals surface area contributed by atoms with E-state index in [-0.39, 0.29) is 17.6 Å². The van der Waals surface area contributed by atoms with E-state index >= 15 is 0 Å². The molecule has 4 nitrogen and oxygen atoms in total. The Morgan fingerprint density at radius 1 is 1.24 bits per heavy atom. The van der Waals surface area contributed by atoms with Crippen LogP contribution in [0.5, 0.6) is 0 Å². The largest absolute Gasteiger partial charge is 0.380 e. The van der Waals surface area contributed by atoms with Crippen molar-refractivity contribution in [3.63, 3.8) is 0 Å². The van der Waals surface area contributed by atoms with E-state index in [0.29, 0.717) is 13.2 Å². The second-order valence-electron chi connectivity index (χ2n) is 4.15. The van der Waals surface area contributed by atoms with Crippen molar-refractivity contribution in [2.24, 2.45) is 5.92 Å².